The standard InChI is InChI=1S/C31H32N2O5/c1-18-10-12-20(13-11-18)21-14-24-29(26(35)15-21)30(22-16-27(36-3)31(38-5)28(17-22)37-4)33(19(2)34)25-9-7-6-8-23(25)32-24/h6-13,16-17,21,30,32H,14-15H2,1-5H3/t21-,30+/m1/s1. The molecule has 3 aromatic carbocycles. The first kappa shape index (κ1) is 25.4. The highest BCUT2D eigenvalue weighted by Gasteiger charge is 2.41. The molecule has 2 aliphatic rings. The molecule has 0 unspecified atom stereocenters. The molecule has 5 rings (SSSR count). The van der Waals surface area contributed by atoms with Crippen molar-refractivity contribution in [2.45, 2.75) is 38.6 Å². The minimum Gasteiger partial charge on any atom is -0.493 e. The molecule has 0 fully saturated rings. The van der Waals surface area contributed by atoms with Gasteiger partial charge in [-0.1, -0.05) is 42.0 Å². The molecule has 3 aromatic rings. The monoisotopic (exact) mass is 512 g/mol. The highest BCUT2D eigenvalue weighted by atomic mass is 16.5. The second kappa shape index (κ2) is 10.2. The number of benzene rings is 3. The number of carbonyl (C=O) groups is 2. The first-order chi connectivity index (χ1) is 18.4. The van der Waals surface area contributed by atoms with E-state index in [1.807, 2.05) is 36.4 Å². The Labute approximate surface area is 223 Å². The lowest BCUT2D eigenvalue weighted by Crippen LogP contribution is -2.37. The number of rotatable bonds is 5. The van der Waals surface area contributed by atoms with Gasteiger partial charge in [0.05, 0.1) is 38.7 Å². The van der Waals surface area contributed by atoms with Crippen LogP contribution in [0.15, 0.2) is 71.9 Å². The van der Waals surface area contributed by atoms with Crippen molar-refractivity contribution in [1.29, 1.82) is 0 Å². The third-order valence-corrected chi connectivity index (χ3v) is 7.38. The highest BCUT2D eigenvalue weighted by Crippen LogP contribution is 2.49. The summed E-state index contributed by atoms with van der Waals surface area (Å²) in [5.74, 6) is 1.22. The quantitative estimate of drug-likeness (QED) is 0.456. The zero-order valence-electron chi connectivity index (χ0n) is 22.3. The number of amides is 1. The van der Waals surface area contributed by atoms with Crippen LogP contribution in [0.1, 0.15) is 48.4 Å². The predicted octanol–water partition coefficient (Wildman–Crippen LogP) is 5.94. The van der Waals surface area contributed by atoms with Gasteiger partial charge in [-0.15, -0.1) is 0 Å². The van der Waals surface area contributed by atoms with Crippen molar-refractivity contribution in [3.05, 3.63) is 88.6 Å². The van der Waals surface area contributed by atoms with Crippen molar-refractivity contribution in [2.24, 2.45) is 0 Å². The number of nitrogens with one attached hydrogen (secondary N) is 1. The van der Waals surface area contributed by atoms with Crippen LogP contribution in [0.3, 0.4) is 0 Å². The molecule has 196 valence electrons. The van der Waals surface area contributed by atoms with Crippen LogP contribution < -0.4 is 24.4 Å². The Balaban J connectivity index is 1.74. The van der Waals surface area contributed by atoms with Crippen molar-refractivity contribution in [3.8, 4) is 17.2 Å². The molecule has 7 heteroatoms. The number of aryl methyl sites for hydroxylation is 1. The van der Waals surface area contributed by atoms with Crippen molar-refractivity contribution < 1.29 is 23.8 Å². The topological polar surface area (TPSA) is 77.1 Å². The SMILES string of the molecule is COc1cc([C@H]2C3=C(C[C@@H](c4ccc(C)cc4)CC3=O)Nc3ccccc3N2C(C)=O)cc(OC)c1OC. The van der Waals surface area contributed by atoms with Gasteiger partial charge in [0.15, 0.2) is 17.3 Å². The minimum absolute atomic E-state index is 0.00197. The van der Waals surface area contributed by atoms with E-state index < -0.39 is 6.04 Å². The Kier molecular flexibility index (Phi) is 6.85. The second-order valence-corrected chi connectivity index (χ2v) is 9.72. The van der Waals surface area contributed by atoms with E-state index in [4.69, 9.17) is 14.2 Å². The Morgan fingerprint density at radius 1 is 0.895 bits per heavy atom. The molecule has 1 heterocycles. The first-order valence-electron chi connectivity index (χ1n) is 12.6. The number of hydrogen-bond acceptors (Lipinski definition) is 6. The highest BCUT2D eigenvalue weighted by molar-refractivity contribution is 6.06. The summed E-state index contributed by atoms with van der Waals surface area (Å²) in [5, 5.41) is 3.55. The lowest BCUT2D eigenvalue weighted by atomic mass is 9.78. The summed E-state index contributed by atoms with van der Waals surface area (Å²) < 4.78 is 16.8. The summed E-state index contributed by atoms with van der Waals surface area (Å²) >= 11 is 0. The van der Waals surface area contributed by atoms with E-state index in [1.165, 1.54) is 12.5 Å². The van der Waals surface area contributed by atoms with E-state index >= 15 is 0 Å². The maximum Gasteiger partial charge on any atom is 0.224 e. The lowest BCUT2D eigenvalue weighted by molar-refractivity contribution is -0.117. The number of carbonyl (C=O) groups excluding carboxylic acids is 2. The van der Waals surface area contributed by atoms with Crippen LogP contribution in [-0.4, -0.2) is 33.0 Å². The zero-order valence-corrected chi connectivity index (χ0v) is 22.3. The van der Waals surface area contributed by atoms with Crippen LogP contribution in [0, 0.1) is 6.92 Å². The number of ether oxygens (including phenoxy) is 3. The van der Waals surface area contributed by atoms with E-state index in [0.29, 0.717) is 46.9 Å². The lowest BCUT2D eigenvalue weighted by Gasteiger charge is -2.35. The average molecular weight is 513 g/mol. The molecule has 0 aromatic heterocycles. The maximum atomic E-state index is 14.0. The maximum absolute atomic E-state index is 14.0. The molecule has 0 bridgehead atoms. The number of methoxy groups -OCH3 is 3. The number of allylic oxidation sites excluding steroid dienone is 1. The molecule has 0 saturated heterocycles. The number of Topliss-reactive ketones (excluding diaryl/α,β-unsaturated/α-hetero) is 1. The van der Waals surface area contributed by atoms with E-state index in [1.54, 1.807) is 26.2 Å². The van der Waals surface area contributed by atoms with Crippen LogP contribution in [-0.2, 0) is 9.59 Å². The second-order valence-electron chi connectivity index (χ2n) is 9.72. The summed E-state index contributed by atoms with van der Waals surface area (Å²) in [6.07, 6.45) is 0.998. The van der Waals surface area contributed by atoms with Crippen molar-refractivity contribution in [2.75, 3.05) is 31.5 Å². The molecule has 1 amide bonds. The van der Waals surface area contributed by atoms with Gasteiger partial charge in [-0.25, -0.2) is 0 Å². The van der Waals surface area contributed by atoms with E-state index in [0.717, 1.165) is 16.9 Å². The molecule has 7 nitrogen and oxygen atoms in total. The molecular formula is C31H32N2O5. The number of ketones is 1. The van der Waals surface area contributed by atoms with Gasteiger partial charge in [-0.2, -0.15) is 0 Å². The smallest absolute Gasteiger partial charge is 0.224 e. The summed E-state index contributed by atoms with van der Waals surface area (Å²) in [4.78, 5) is 29.0. The third kappa shape index (κ3) is 4.38. The number of anilines is 2. The van der Waals surface area contributed by atoms with E-state index in [-0.39, 0.29) is 17.6 Å². The molecule has 0 spiro atoms. The first-order valence-corrected chi connectivity index (χ1v) is 12.6. The van der Waals surface area contributed by atoms with Gasteiger partial charge in [0.25, 0.3) is 0 Å². The largest absolute Gasteiger partial charge is 0.493 e. The van der Waals surface area contributed by atoms with Gasteiger partial charge in [-0.3, -0.25) is 14.5 Å². The summed E-state index contributed by atoms with van der Waals surface area (Å²) in [5.41, 5.74) is 5.88. The average Bonchev–Trinajstić information content (AvgIpc) is 3.07. The summed E-state index contributed by atoms with van der Waals surface area (Å²) in [7, 11) is 4.65. The van der Waals surface area contributed by atoms with Gasteiger partial charge in [0.2, 0.25) is 11.7 Å². The van der Waals surface area contributed by atoms with Crippen LogP contribution in [0.4, 0.5) is 11.4 Å². The van der Waals surface area contributed by atoms with Gasteiger partial charge < -0.3 is 19.5 Å². The number of hydrogen-bond donors (Lipinski definition) is 1. The minimum atomic E-state index is -0.682. The van der Waals surface area contributed by atoms with Gasteiger partial charge in [0.1, 0.15) is 0 Å². The number of nitrogens with zero attached hydrogens (tertiary/aromatic N) is 1. The molecule has 38 heavy (non-hydrogen) atoms. The molecule has 1 N–H and O–H groups in total. The third-order valence-electron chi connectivity index (χ3n) is 7.38. The molecular weight excluding hydrogens is 480 g/mol. The Bertz CT molecular complexity index is 1400. The Morgan fingerprint density at radius 3 is 2.16 bits per heavy atom. The molecule has 2 atom stereocenters. The summed E-state index contributed by atoms with van der Waals surface area (Å²) in [6.45, 7) is 3.58. The summed E-state index contributed by atoms with van der Waals surface area (Å²) in [6, 6.07) is 19.0. The van der Waals surface area contributed by atoms with Gasteiger partial charge >= 0.3 is 0 Å². The van der Waals surface area contributed by atoms with E-state index in [9.17, 15) is 9.59 Å². The Morgan fingerprint density at radius 2 is 1.55 bits per heavy atom. The van der Waals surface area contributed by atoms with Crippen molar-refractivity contribution in [3.63, 3.8) is 0 Å². The zero-order chi connectivity index (χ0) is 27.0. The van der Waals surface area contributed by atoms with Crippen LogP contribution >= 0.6 is 0 Å². The van der Waals surface area contributed by atoms with Crippen molar-refractivity contribution >= 4 is 23.1 Å². The molecule has 0 saturated carbocycles. The van der Waals surface area contributed by atoms with Crippen LogP contribution in [0.2, 0.25) is 0 Å². The Hall–Kier alpha value is -4.26. The van der Waals surface area contributed by atoms with E-state index in [2.05, 4.69) is 36.5 Å². The predicted molar refractivity (Wildman–Crippen MR) is 147 cm³/mol. The van der Waals surface area contributed by atoms with Gasteiger partial charge in [0, 0.05) is 24.6 Å². The fourth-order valence-corrected chi connectivity index (χ4v) is 5.59. The fraction of sp³-hybridized carbons (Fsp3) is 0.290. The molecule has 0 radical (unpaired) electrons. The molecule has 1 aliphatic heterocycles. The molecule has 1 aliphatic carbocycles. The van der Waals surface area contributed by atoms with Crippen molar-refractivity contribution in [1.82, 2.24) is 0 Å². The fourth-order valence-electron chi connectivity index (χ4n) is 5.59. The normalized spacial score (nSPS) is 18.7. The van der Waals surface area contributed by atoms with Gasteiger partial charge in [-0.05, 0) is 54.7 Å². The number of para-hydroxylation sites is 2. The van der Waals surface area contributed by atoms with Crippen LogP contribution in [0.5, 0.6) is 17.2 Å². The number of fused-ring (bicyclic) bond motifs is 1. The van der Waals surface area contributed by atoms with Crippen LogP contribution in [0.25, 0.3) is 0 Å².